The minimum Gasteiger partial charge on any atom is -0.436 e. The van der Waals surface area contributed by atoms with Crippen LogP contribution < -0.4 is 9.64 Å². The summed E-state index contributed by atoms with van der Waals surface area (Å²) in [6, 6.07) is 14.1. The second-order valence-electron chi connectivity index (χ2n) is 6.74. The number of fused-ring (bicyclic) bond motifs is 1. The highest BCUT2D eigenvalue weighted by molar-refractivity contribution is 5.77. The Kier molecular flexibility index (Phi) is 4.26. The number of anilines is 1. The quantitative estimate of drug-likeness (QED) is 0.674. The minimum atomic E-state index is 0.601. The van der Waals surface area contributed by atoms with Crippen LogP contribution in [0.2, 0.25) is 0 Å². The van der Waals surface area contributed by atoms with Crippen LogP contribution in [-0.4, -0.2) is 23.1 Å². The highest BCUT2D eigenvalue weighted by Crippen LogP contribution is 2.33. The number of aromatic nitrogens is 2. The van der Waals surface area contributed by atoms with Crippen molar-refractivity contribution in [3.63, 3.8) is 0 Å². The van der Waals surface area contributed by atoms with Gasteiger partial charge in [-0.2, -0.15) is 0 Å². The SMILES string of the molecule is Cc1ccc(Oc2nc3ccccc3nc2N2CCCCC2)cc1C. The average molecular weight is 333 g/mol. The summed E-state index contributed by atoms with van der Waals surface area (Å²) in [4.78, 5) is 11.9. The smallest absolute Gasteiger partial charge is 0.263 e. The van der Waals surface area contributed by atoms with Gasteiger partial charge in [0.1, 0.15) is 5.75 Å². The summed E-state index contributed by atoms with van der Waals surface area (Å²) in [6.07, 6.45) is 3.67. The largest absolute Gasteiger partial charge is 0.436 e. The van der Waals surface area contributed by atoms with Gasteiger partial charge >= 0.3 is 0 Å². The van der Waals surface area contributed by atoms with Gasteiger partial charge in [-0.05, 0) is 68.5 Å². The molecule has 4 rings (SSSR count). The molecule has 1 saturated heterocycles. The molecule has 128 valence electrons. The molecule has 4 heteroatoms. The van der Waals surface area contributed by atoms with Gasteiger partial charge in [-0.3, -0.25) is 0 Å². The Morgan fingerprint density at radius 2 is 1.56 bits per heavy atom. The molecule has 0 saturated carbocycles. The second kappa shape index (κ2) is 6.71. The van der Waals surface area contributed by atoms with Crippen molar-refractivity contribution >= 4 is 16.9 Å². The number of benzene rings is 2. The number of rotatable bonds is 3. The van der Waals surface area contributed by atoms with Crippen molar-refractivity contribution in [2.24, 2.45) is 0 Å². The monoisotopic (exact) mass is 333 g/mol. The highest BCUT2D eigenvalue weighted by Gasteiger charge is 2.20. The topological polar surface area (TPSA) is 38.3 Å². The summed E-state index contributed by atoms with van der Waals surface area (Å²) in [5.74, 6) is 2.27. The molecule has 1 aromatic heterocycles. The van der Waals surface area contributed by atoms with Crippen LogP contribution in [-0.2, 0) is 0 Å². The van der Waals surface area contributed by atoms with E-state index < -0.39 is 0 Å². The van der Waals surface area contributed by atoms with Gasteiger partial charge in [0.2, 0.25) is 0 Å². The summed E-state index contributed by atoms with van der Waals surface area (Å²) in [6.45, 7) is 6.22. The van der Waals surface area contributed by atoms with Gasteiger partial charge in [0.15, 0.2) is 5.82 Å². The van der Waals surface area contributed by atoms with Crippen molar-refractivity contribution in [2.45, 2.75) is 33.1 Å². The van der Waals surface area contributed by atoms with E-state index >= 15 is 0 Å². The van der Waals surface area contributed by atoms with E-state index in [2.05, 4.69) is 30.9 Å². The van der Waals surface area contributed by atoms with E-state index in [4.69, 9.17) is 14.7 Å². The van der Waals surface area contributed by atoms with Crippen molar-refractivity contribution in [2.75, 3.05) is 18.0 Å². The second-order valence-corrected chi connectivity index (χ2v) is 6.74. The van der Waals surface area contributed by atoms with E-state index in [0.29, 0.717) is 5.88 Å². The molecular formula is C21H23N3O. The number of para-hydroxylation sites is 2. The van der Waals surface area contributed by atoms with Crippen LogP contribution in [0.4, 0.5) is 5.82 Å². The fourth-order valence-corrected chi connectivity index (χ4v) is 3.24. The van der Waals surface area contributed by atoms with Gasteiger partial charge < -0.3 is 9.64 Å². The molecule has 0 unspecified atom stereocenters. The van der Waals surface area contributed by atoms with Gasteiger partial charge in [0, 0.05) is 13.1 Å². The molecule has 0 atom stereocenters. The maximum Gasteiger partial charge on any atom is 0.263 e. The molecule has 2 aromatic carbocycles. The Morgan fingerprint density at radius 3 is 2.28 bits per heavy atom. The lowest BCUT2D eigenvalue weighted by Crippen LogP contribution is -2.30. The lowest BCUT2D eigenvalue weighted by atomic mass is 10.1. The fourth-order valence-electron chi connectivity index (χ4n) is 3.24. The maximum absolute atomic E-state index is 6.19. The number of hydrogen-bond acceptors (Lipinski definition) is 4. The summed E-state index contributed by atoms with van der Waals surface area (Å²) in [7, 11) is 0. The molecule has 4 nitrogen and oxygen atoms in total. The third kappa shape index (κ3) is 3.29. The molecule has 0 radical (unpaired) electrons. The Balaban J connectivity index is 1.77. The first kappa shape index (κ1) is 15.9. The van der Waals surface area contributed by atoms with Crippen LogP contribution in [0.5, 0.6) is 11.6 Å². The zero-order valence-corrected chi connectivity index (χ0v) is 14.8. The molecule has 0 spiro atoms. The van der Waals surface area contributed by atoms with E-state index in [1.165, 1.54) is 30.4 Å². The zero-order valence-electron chi connectivity index (χ0n) is 14.8. The van der Waals surface area contributed by atoms with Crippen LogP contribution in [0.1, 0.15) is 30.4 Å². The third-order valence-corrected chi connectivity index (χ3v) is 4.87. The lowest BCUT2D eigenvalue weighted by Gasteiger charge is -2.28. The van der Waals surface area contributed by atoms with Gasteiger partial charge in [-0.25, -0.2) is 9.97 Å². The first-order valence-electron chi connectivity index (χ1n) is 8.97. The third-order valence-electron chi connectivity index (χ3n) is 4.87. The molecule has 0 N–H and O–H groups in total. The van der Waals surface area contributed by atoms with E-state index in [1.807, 2.05) is 30.3 Å². The molecule has 1 fully saturated rings. The van der Waals surface area contributed by atoms with Crippen molar-refractivity contribution in [3.05, 3.63) is 53.6 Å². The Morgan fingerprint density at radius 1 is 0.840 bits per heavy atom. The Hall–Kier alpha value is -2.62. The van der Waals surface area contributed by atoms with E-state index in [1.54, 1.807) is 0 Å². The molecule has 2 heterocycles. The normalized spacial score (nSPS) is 14.7. The maximum atomic E-state index is 6.19. The molecule has 0 bridgehead atoms. The molecule has 3 aromatic rings. The van der Waals surface area contributed by atoms with Crippen molar-refractivity contribution in [3.8, 4) is 11.6 Å². The van der Waals surface area contributed by atoms with E-state index in [0.717, 1.165) is 35.7 Å². The molecule has 0 amide bonds. The zero-order chi connectivity index (χ0) is 17.2. The minimum absolute atomic E-state index is 0.601. The summed E-state index contributed by atoms with van der Waals surface area (Å²) in [5.41, 5.74) is 4.25. The number of aryl methyl sites for hydroxylation is 2. The average Bonchev–Trinajstić information content (AvgIpc) is 2.65. The molecule has 1 aliphatic heterocycles. The molecule has 25 heavy (non-hydrogen) atoms. The molecule has 1 aliphatic rings. The highest BCUT2D eigenvalue weighted by atomic mass is 16.5. The fraction of sp³-hybridized carbons (Fsp3) is 0.333. The number of ether oxygens (including phenoxy) is 1. The number of hydrogen-bond donors (Lipinski definition) is 0. The van der Waals surface area contributed by atoms with E-state index in [9.17, 15) is 0 Å². The van der Waals surface area contributed by atoms with Gasteiger partial charge in [-0.15, -0.1) is 0 Å². The van der Waals surface area contributed by atoms with Gasteiger partial charge in [0.25, 0.3) is 5.88 Å². The van der Waals surface area contributed by atoms with Crippen molar-refractivity contribution < 1.29 is 4.74 Å². The van der Waals surface area contributed by atoms with Crippen LogP contribution in [0.25, 0.3) is 11.0 Å². The van der Waals surface area contributed by atoms with E-state index in [-0.39, 0.29) is 0 Å². The predicted octanol–water partition coefficient (Wildman–Crippen LogP) is 5.03. The van der Waals surface area contributed by atoms with Crippen LogP contribution in [0.15, 0.2) is 42.5 Å². The molecule has 0 aliphatic carbocycles. The van der Waals surface area contributed by atoms with Crippen LogP contribution in [0, 0.1) is 13.8 Å². The lowest BCUT2D eigenvalue weighted by molar-refractivity contribution is 0.456. The summed E-state index contributed by atoms with van der Waals surface area (Å²) >= 11 is 0. The first-order chi connectivity index (χ1) is 12.2. The van der Waals surface area contributed by atoms with Crippen molar-refractivity contribution in [1.82, 2.24) is 9.97 Å². The Labute approximate surface area is 148 Å². The summed E-state index contributed by atoms with van der Waals surface area (Å²) in [5, 5.41) is 0. The number of nitrogens with zero attached hydrogens (tertiary/aromatic N) is 3. The predicted molar refractivity (Wildman–Crippen MR) is 102 cm³/mol. The van der Waals surface area contributed by atoms with Crippen LogP contribution in [0.3, 0.4) is 0 Å². The van der Waals surface area contributed by atoms with Gasteiger partial charge in [0.05, 0.1) is 11.0 Å². The summed E-state index contributed by atoms with van der Waals surface area (Å²) < 4.78 is 6.19. The number of piperidine rings is 1. The van der Waals surface area contributed by atoms with Gasteiger partial charge in [-0.1, -0.05) is 18.2 Å². The van der Waals surface area contributed by atoms with Crippen molar-refractivity contribution in [1.29, 1.82) is 0 Å². The van der Waals surface area contributed by atoms with Crippen LogP contribution >= 0.6 is 0 Å². The standard InChI is InChI=1S/C21H23N3O/c1-15-10-11-17(14-16(15)2)25-21-20(24-12-6-3-7-13-24)22-18-8-4-5-9-19(18)23-21/h4-5,8-11,14H,3,6-7,12-13H2,1-2H3. The molecular weight excluding hydrogens is 310 g/mol. The first-order valence-corrected chi connectivity index (χ1v) is 8.97. The Bertz CT molecular complexity index is 901.